The molecule has 0 aliphatic carbocycles. The molecule has 6 heteroatoms. The summed E-state index contributed by atoms with van der Waals surface area (Å²) in [5, 5.41) is 0. The fourth-order valence-corrected chi connectivity index (χ4v) is 2.58. The zero-order chi connectivity index (χ0) is 13.1. The molecular weight excluding hydrogens is 277 g/mol. The van der Waals surface area contributed by atoms with Gasteiger partial charge in [-0.25, -0.2) is 14.2 Å². The largest absolute Gasteiger partial charge is 0.461 e. The molecule has 1 aromatic heterocycles. The lowest BCUT2D eigenvalue weighted by Gasteiger charge is -2.03. The van der Waals surface area contributed by atoms with Crippen LogP contribution in [0.5, 0.6) is 0 Å². The lowest BCUT2D eigenvalue weighted by molar-refractivity contribution is 0.0521. The summed E-state index contributed by atoms with van der Waals surface area (Å²) in [6.45, 7) is 1.92. The summed E-state index contributed by atoms with van der Waals surface area (Å²) in [7, 11) is 0. The van der Waals surface area contributed by atoms with Gasteiger partial charge in [0.1, 0.15) is 5.82 Å². The first-order valence-corrected chi connectivity index (χ1v) is 6.41. The summed E-state index contributed by atoms with van der Waals surface area (Å²) in [4.78, 5) is 16.0. The van der Waals surface area contributed by atoms with Crippen molar-refractivity contribution >= 4 is 28.9 Å². The van der Waals surface area contributed by atoms with E-state index in [0.29, 0.717) is 10.4 Å². The molecule has 3 nitrogen and oxygen atoms in total. The molecule has 2 aromatic rings. The van der Waals surface area contributed by atoms with E-state index in [4.69, 9.17) is 16.3 Å². The number of halogens is 2. The van der Waals surface area contributed by atoms with E-state index in [2.05, 4.69) is 4.98 Å². The van der Waals surface area contributed by atoms with Crippen LogP contribution in [0.4, 0.5) is 4.39 Å². The van der Waals surface area contributed by atoms with Gasteiger partial charge in [0.05, 0.1) is 11.5 Å². The number of carbonyl (C=O) groups is 1. The third-order valence-corrected chi connectivity index (χ3v) is 3.38. The standard InChI is InChI=1S/C12H9ClFNO2S/c1-2-17-11(16)9-10(18-12(13)15-9)7-5-3-4-6-8(7)14/h3-6H,2H2,1H3. The van der Waals surface area contributed by atoms with Crippen molar-refractivity contribution in [1.29, 1.82) is 0 Å². The number of hydrogen-bond donors (Lipinski definition) is 0. The van der Waals surface area contributed by atoms with Crippen molar-refractivity contribution in [3.8, 4) is 10.4 Å². The van der Waals surface area contributed by atoms with E-state index in [1.165, 1.54) is 6.07 Å². The molecule has 94 valence electrons. The Labute approximate surface area is 112 Å². The number of carbonyl (C=O) groups excluding carboxylic acids is 1. The van der Waals surface area contributed by atoms with Gasteiger partial charge in [-0.3, -0.25) is 0 Å². The van der Waals surface area contributed by atoms with Crippen LogP contribution in [-0.4, -0.2) is 17.6 Å². The molecule has 0 aliphatic rings. The third-order valence-electron chi connectivity index (χ3n) is 2.19. The third kappa shape index (κ3) is 2.52. The van der Waals surface area contributed by atoms with Gasteiger partial charge < -0.3 is 4.74 Å². The first kappa shape index (κ1) is 13.0. The Morgan fingerprint density at radius 2 is 2.22 bits per heavy atom. The highest BCUT2D eigenvalue weighted by molar-refractivity contribution is 7.19. The van der Waals surface area contributed by atoms with Crippen LogP contribution < -0.4 is 0 Å². The number of thiazole rings is 1. The zero-order valence-electron chi connectivity index (χ0n) is 9.44. The van der Waals surface area contributed by atoms with Crippen LogP contribution in [0.25, 0.3) is 10.4 Å². The Morgan fingerprint density at radius 3 is 2.89 bits per heavy atom. The van der Waals surface area contributed by atoms with Crippen molar-refractivity contribution in [2.24, 2.45) is 0 Å². The summed E-state index contributed by atoms with van der Waals surface area (Å²) >= 11 is 6.84. The van der Waals surface area contributed by atoms with Gasteiger partial charge in [-0.1, -0.05) is 29.8 Å². The summed E-state index contributed by atoms with van der Waals surface area (Å²) in [5.41, 5.74) is 0.349. The van der Waals surface area contributed by atoms with Crippen molar-refractivity contribution < 1.29 is 13.9 Å². The van der Waals surface area contributed by atoms with Crippen LogP contribution >= 0.6 is 22.9 Å². The van der Waals surface area contributed by atoms with Crippen molar-refractivity contribution in [3.05, 3.63) is 40.2 Å². The highest BCUT2D eigenvalue weighted by Gasteiger charge is 2.21. The molecule has 0 spiro atoms. The predicted octanol–water partition coefficient (Wildman–Crippen LogP) is 3.78. The fraction of sp³-hybridized carbons (Fsp3) is 0.167. The van der Waals surface area contributed by atoms with Crippen molar-refractivity contribution in [2.75, 3.05) is 6.61 Å². The topological polar surface area (TPSA) is 39.2 Å². The Morgan fingerprint density at radius 1 is 1.50 bits per heavy atom. The SMILES string of the molecule is CCOC(=O)c1nc(Cl)sc1-c1ccccc1F. The van der Waals surface area contributed by atoms with Gasteiger partial charge in [-0.15, -0.1) is 11.3 Å². The second-order valence-electron chi connectivity index (χ2n) is 3.34. The summed E-state index contributed by atoms with van der Waals surface area (Å²) < 4.78 is 18.7. The first-order chi connectivity index (χ1) is 8.63. The van der Waals surface area contributed by atoms with E-state index >= 15 is 0 Å². The second-order valence-corrected chi connectivity index (χ2v) is 4.93. The number of hydrogen-bond acceptors (Lipinski definition) is 4. The van der Waals surface area contributed by atoms with E-state index < -0.39 is 11.8 Å². The van der Waals surface area contributed by atoms with E-state index in [1.807, 2.05) is 0 Å². The molecule has 0 N–H and O–H groups in total. The summed E-state index contributed by atoms with van der Waals surface area (Å²) in [6.07, 6.45) is 0. The van der Waals surface area contributed by atoms with Crippen LogP contribution in [0.1, 0.15) is 17.4 Å². The molecule has 2 rings (SSSR count). The van der Waals surface area contributed by atoms with Gasteiger partial charge in [0.25, 0.3) is 0 Å². The minimum atomic E-state index is -0.598. The Balaban J connectivity index is 2.51. The first-order valence-electron chi connectivity index (χ1n) is 5.21. The minimum Gasteiger partial charge on any atom is -0.461 e. The number of nitrogens with zero attached hydrogens (tertiary/aromatic N) is 1. The van der Waals surface area contributed by atoms with Crippen molar-refractivity contribution in [1.82, 2.24) is 4.98 Å². The maximum atomic E-state index is 13.7. The number of benzene rings is 1. The van der Waals surface area contributed by atoms with E-state index in [1.54, 1.807) is 25.1 Å². The molecule has 0 amide bonds. The molecule has 0 saturated carbocycles. The highest BCUT2D eigenvalue weighted by Crippen LogP contribution is 2.34. The molecule has 0 aliphatic heterocycles. The average molecular weight is 286 g/mol. The molecule has 1 aromatic carbocycles. The van der Waals surface area contributed by atoms with Crippen LogP contribution in [0, 0.1) is 5.82 Å². The van der Waals surface area contributed by atoms with E-state index in [0.717, 1.165) is 11.3 Å². The monoisotopic (exact) mass is 285 g/mol. The maximum Gasteiger partial charge on any atom is 0.358 e. The number of aromatic nitrogens is 1. The van der Waals surface area contributed by atoms with Gasteiger partial charge in [0.15, 0.2) is 10.2 Å². The molecule has 0 bridgehead atoms. The summed E-state index contributed by atoms with van der Waals surface area (Å²) in [6, 6.07) is 6.15. The average Bonchev–Trinajstić information content (AvgIpc) is 2.72. The normalized spacial score (nSPS) is 10.4. The predicted molar refractivity (Wildman–Crippen MR) is 68.5 cm³/mol. The molecule has 1 heterocycles. The number of esters is 1. The van der Waals surface area contributed by atoms with Crippen LogP contribution in [0.3, 0.4) is 0 Å². The van der Waals surface area contributed by atoms with Crippen molar-refractivity contribution in [3.63, 3.8) is 0 Å². The Bertz CT molecular complexity index is 585. The molecule has 0 atom stereocenters. The summed E-state index contributed by atoms with van der Waals surface area (Å²) in [5.74, 6) is -1.03. The van der Waals surface area contributed by atoms with Gasteiger partial charge in [-0.05, 0) is 13.0 Å². The smallest absolute Gasteiger partial charge is 0.358 e. The molecule has 18 heavy (non-hydrogen) atoms. The molecule has 0 saturated heterocycles. The van der Waals surface area contributed by atoms with Gasteiger partial charge in [0.2, 0.25) is 0 Å². The highest BCUT2D eigenvalue weighted by atomic mass is 35.5. The number of ether oxygens (including phenoxy) is 1. The zero-order valence-corrected chi connectivity index (χ0v) is 11.0. The van der Waals surface area contributed by atoms with Gasteiger partial charge >= 0.3 is 5.97 Å². The van der Waals surface area contributed by atoms with Crippen LogP contribution in [0.2, 0.25) is 4.47 Å². The molecule has 0 fully saturated rings. The van der Waals surface area contributed by atoms with Crippen LogP contribution in [-0.2, 0) is 4.74 Å². The minimum absolute atomic E-state index is 0.0527. The Kier molecular flexibility index (Phi) is 3.93. The van der Waals surface area contributed by atoms with E-state index in [-0.39, 0.29) is 16.8 Å². The van der Waals surface area contributed by atoms with Crippen molar-refractivity contribution in [2.45, 2.75) is 6.92 Å². The molecule has 0 radical (unpaired) electrons. The van der Waals surface area contributed by atoms with Crippen LogP contribution in [0.15, 0.2) is 24.3 Å². The lowest BCUT2D eigenvalue weighted by Crippen LogP contribution is -2.06. The molecule has 0 unspecified atom stereocenters. The second kappa shape index (κ2) is 5.46. The van der Waals surface area contributed by atoms with Gasteiger partial charge in [-0.2, -0.15) is 0 Å². The quantitative estimate of drug-likeness (QED) is 0.806. The molecular formula is C12H9ClFNO2S. The Hall–Kier alpha value is -1.46. The number of rotatable bonds is 3. The lowest BCUT2D eigenvalue weighted by atomic mass is 10.1. The van der Waals surface area contributed by atoms with E-state index in [9.17, 15) is 9.18 Å². The van der Waals surface area contributed by atoms with Gasteiger partial charge in [0, 0.05) is 5.56 Å². The maximum absolute atomic E-state index is 13.7. The fourth-order valence-electron chi connectivity index (χ4n) is 1.46.